The number of carbonyl (C=O) groups is 1. The minimum absolute atomic E-state index is 0.192. The lowest BCUT2D eigenvalue weighted by molar-refractivity contribution is 0.102. The molecule has 0 saturated heterocycles. The molecule has 4 nitrogen and oxygen atoms in total. The molecule has 23 heavy (non-hydrogen) atoms. The number of nitrogens with two attached hydrogens (primary N) is 1. The quantitative estimate of drug-likeness (QED) is 0.802. The van der Waals surface area contributed by atoms with E-state index in [9.17, 15) is 4.79 Å². The molecule has 1 amide bonds. The van der Waals surface area contributed by atoms with E-state index in [0.717, 1.165) is 24.3 Å². The van der Waals surface area contributed by atoms with Crippen molar-refractivity contribution >= 4 is 34.6 Å². The zero-order valence-corrected chi connectivity index (χ0v) is 14.4. The van der Waals surface area contributed by atoms with Gasteiger partial charge in [-0.25, -0.2) is 0 Å². The second kappa shape index (κ2) is 7.38. The van der Waals surface area contributed by atoms with Gasteiger partial charge in [0.05, 0.1) is 22.1 Å². The average molecular weight is 332 g/mol. The van der Waals surface area contributed by atoms with Crippen LogP contribution in [0.1, 0.15) is 29.8 Å². The fourth-order valence-electron chi connectivity index (χ4n) is 2.41. The summed E-state index contributed by atoms with van der Waals surface area (Å²) in [7, 11) is 0. The first-order valence-corrected chi connectivity index (χ1v) is 8.06. The summed E-state index contributed by atoms with van der Waals surface area (Å²) in [4.78, 5) is 14.5. The van der Waals surface area contributed by atoms with Gasteiger partial charge in [-0.15, -0.1) is 0 Å². The van der Waals surface area contributed by atoms with Crippen LogP contribution in [0.5, 0.6) is 0 Å². The lowest BCUT2D eigenvalue weighted by atomic mass is 10.1. The third kappa shape index (κ3) is 3.96. The van der Waals surface area contributed by atoms with Gasteiger partial charge in [0, 0.05) is 18.7 Å². The Hall–Kier alpha value is -2.20. The Kier molecular flexibility index (Phi) is 5.50. The molecule has 0 spiro atoms. The van der Waals surface area contributed by atoms with E-state index in [1.807, 2.05) is 25.1 Å². The smallest absolute Gasteiger partial charge is 0.255 e. The van der Waals surface area contributed by atoms with E-state index < -0.39 is 0 Å². The van der Waals surface area contributed by atoms with Crippen molar-refractivity contribution in [1.29, 1.82) is 0 Å². The van der Waals surface area contributed by atoms with E-state index in [0.29, 0.717) is 22.0 Å². The molecule has 0 saturated carbocycles. The van der Waals surface area contributed by atoms with Gasteiger partial charge in [0.1, 0.15) is 0 Å². The Labute approximate surface area is 142 Å². The third-order valence-electron chi connectivity index (χ3n) is 3.78. The number of hydrogen-bond donors (Lipinski definition) is 2. The molecule has 122 valence electrons. The second-order valence-electron chi connectivity index (χ2n) is 5.38. The number of benzene rings is 2. The number of nitrogens with one attached hydrogen (secondary N) is 1. The summed E-state index contributed by atoms with van der Waals surface area (Å²) in [6.45, 7) is 7.75. The van der Waals surface area contributed by atoms with Gasteiger partial charge in [-0.05, 0) is 45.0 Å². The largest absolute Gasteiger partial charge is 0.397 e. The minimum Gasteiger partial charge on any atom is -0.397 e. The molecule has 0 aliphatic heterocycles. The predicted molar refractivity (Wildman–Crippen MR) is 98.6 cm³/mol. The van der Waals surface area contributed by atoms with Crippen LogP contribution in [0, 0.1) is 6.92 Å². The lowest BCUT2D eigenvalue weighted by Gasteiger charge is -2.24. The molecule has 0 heterocycles. The maximum atomic E-state index is 12.4. The van der Waals surface area contributed by atoms with Crippen LogP contribution in [0.3, 0.4) is 0 Å². The first-order chi connectivity index (χ1) is 11.0. The van der Waals surface area contributed by atoms with Crippen LogP contribution in [-0.4, -0.2) is 19.0 Å². The predicted octanol–water partition coefficient (Wildman–Crippen LogP) is 4.33. The summed E-state index contributed by atoms with van der Waals surface area (Å²) in [5.74, 6) is -0.192. The summed E-state index contributed by atoms with van der Waals surface area (Å²) >= 11 is 6.24. The maximum absolute atomic E-state index is 12.4. The number of halogens is 1. The first kappa shape index (κ1) is 17.2. The van der Waals surface area contributed by atoms with Crippen LogP contribution in [0.15, 0.2) is 36.4 Å². The summed E-state index contributed by atoms with van der Waals surface area (Å²) in [5, 5.41) is 3.29. The Morgan fingerprint density at radius 1 is 1.17 bits per heavy atom. The zero-order valence-electron chi connectivity index (χ0n) is 13.7. The van der Waals surface area contributed by atoms with Gasteiger partial charge >= 0.3 is 0 Å². The standard InChI is InChI=1S/C18H22ClN3O/c1-4-22(5-2)17-11-16(14(19)10-15(17)20)21-18(23)13-8-6-12(3)7-9-13/h6-11H,4-5,20H2,1-3H3,(H,21,23). The first-order valence-electron chi connectivity index (χ1n) is 7.68. The molecule has 0 fully saturated rings. The number of nitrogen functional groups attached to an aromatic ring is 1. The number of rotatable bonds is 5. The maximum Gasteiger partial charge on any atom is 0.255 e. The zero-order chi connectivity index (χ0) is 17.0. The SMILES string of the molecule is CCN(CC)c1cc(NC(=O)c2ccc(C)cc2)c(Cl)cc1N. The molecule has 3 N–H and O–H groups in total. The molecule has 2 rings (SSSR count). The Morgan fingerprint density at radius 3 is 2.35 bits per heavy atom. The average Bonchev–Trinajstić information content (AvgIpc) is 2.53. The molecule has 0 radical (unpaired) electrons. The molecule has 0 atom stereocenters. The van der Waals surface area contributed by atoms with E-state index >= 15 is 0 Å². The molecular weight excluding hydrogens is 310 g/mol. The summed E-state index contributed by atoms with van der Waals surface area (Å²) in [6.07, 6.45) is 0. The van der Waals surface area contributed by atoms with Crippen molar-refractivity contribution in [3.05, 3.63) is 52.5 Å². The number of hydrogen-bond acceptors (Lipinski definition) is 3. The molecule has 2 aromatic carbocycles. The Morgan fingerprint density at radius 2 is 1.78 bits per heavy atom. The third-order valence-corrected chi connectivity index (χ3v) is 4.10. The highest BCUT2D eigenvalue weighted by Gasteiger charge is 2.14. The van der Waals surface area contributed by atoms with Gasteiger partial charge < -0.3 is 16.0 Å². The van der Waals surface area contributed by atoms with Crippen molar-refractivity contribution in [3.63, 3.8) is 0 Å². The summed E-state index contributed by atoms with van der Waals surface area (Å²) in [6, 6.07) is 10.9. The van der Waals surface area contributed by atoms with E-state index in [2.05, 4.69) is 24.1 Å². The highest BCUT2D eigenvalue weighted by Crippen LogP contribution is 2.33. The molecule has 0 bridgehead atoms. The van der Waals surface area contributed by atoms with Gasteiger partial charge in [0.25, 0.3) is 5.91 Å². The molecule has 2 aromatic rings. The highest BCUT2D eigenvalue weighted by atomic mass is 35.5. The number of anilines is 3. The van der Waals surface area contributed by atoms with Gasteiger partial charge in [-0.3, -0.25) is 4.79 Å². The minimum atomic E-state index is -0.192. The van der Waals surface area contributed by atoms with Gasteiger partial charge in [-0.1, -0.05) is 29.3 Å². The van der Waals surface area contributed by atoms with E-state index in [4.69, 9.17) is 17.3 Å². The van der Waals surface area contributed by atoms with Crippen LogP contribution in [0.4, 0.5) is 17.1 Å². The molecular formula is C18H22ClN3O. The van der Waals surface area contributed by atoms with Crippen LogP contribution >= 0.6 is 11.6 Å². The summed E-state index contributed by atoms with van der Waals surface area (Å²) < 4.78 is 0. The van der Waals surface area contributed by atoms with E-state index in [1.165, 1.54) is 0 Å². The monoisotopic (exact) mass is 331 g/mol. The molecule has 0 aliphatic carbocycles. The highest BCUT2D eigenvalue weighted by molar-refractivity contribution is 6.34. The van der Waals surface area contributed by atoms with Crippen molar-refractivity contribution in [2.24, 2.45) is 0 Å². The molecule has 0 aliphatic rings. The molecule has 5 heteroatoms. The normalized spacial score (nSPS) is 10.4. The van der Waals surface area contributed by atoms with E-state index in [-0.39, 0.29) is 5.91 Å². The molecule has 0 unspecified atom stereocenters. The van der Waals surface area contributed by atoms with Crippen LogP contribution < -0.4 is 16.0 Å². The fourth-order valence-corrected chi connectivity index (χ4v) is 2.63. The van der Waals surface area contributed by atoms with E-state index in [1.54, 1.807) is 18.2 Å². The number of carbonyl (C=O) groups excluding carboxylic acids is 1. The van der Waals surface area contributed by atoms with Crippen molar-refractivity contribution in [2.45, 2.75) is 20.8 Å². The fraction of sp³-hybridized carbons (Fsp3) is 0.278. The summed E-state index contributed by atoms with van der Waals surface area (Å²) in [5.41, 5.74) is 9.80. The number of aryl methyl sites for hydroxylation is 1. The van der Waals surface area contributed by atoms with Crippen molar-refractivity contribution in [1.82, 2.24) is 0 Å². The van der Waals surface area contributed by atoms with Gasteiger partial charge in [0.2, 0.25) is 0 Å². The van der Waals surface area contributed by atoms with Crippen LogP contribution in [0.25, 0.3) is 0 Å². The number of nitrogens with zero attached hydrogens (tertiary/aromatic N) is 1. The number of amides is 1. The van der Waals surface area contributed by atoms with Gasteiger partial charge in [-0.2, -0.15) is 0 Å². The molecule has 0 aromatic heterocycles. The van der Waals surface area contributed by atoms with Crippen molar-refractivity contribution in [2.75, 3.05) is 29.0 Å². The lowest BCUT2D eigenvalue weighted by Crippen LogP contribution is -2.23. The Bertz CT molecular complexity index is 694. The topological polar surface area (TPSA) is 58.4 Å². The van der Waals surface area contributed by atoms with Crippen molar-refractivity contribution < 1.29 is 4.79 Å². The van der Waals surface area contributed by atoms with Gasteiger partial charge in [0.15, 0.2) is 0 Å². The van der Waals surface area contributed by atoms with Crippen molar-refractivity contribution in [3.8, 4) is 0 Å². The van der Waals surface area contributed by atoms with Crippen LogP contribution in [0.2, 0.25) is 5.02 Å². The van der Waals surface area contributed by atoms with Crippen LogP contribution in [-0.2, 0) is 0 Å². The Balaban J connectivity index is 2.30. The second-order valence-corrected chi connectivity index (χ2v) is 5.79.